The van der Waals surface area contributed by atoms with Gasteiger partial charge in [-0.05, 0) is 52.9 Å². The van der Waals surface area contributed by atoms with Crippen LogP contribution in [0.4, 0.5) is 0 Å². The van der Waals surface area contributed by atoms with Gasteiger partial charge < -0.3 is 0 Å². The van der Waals surface area contributed by atoms with Crippen LogP contribution in [0.5, 0.6) is 0 Å². The molecule has 0 aliphatic rings. The Morgan fingerprint density at radius 1 is 0.519 bits per heavy atom. The van der Waals surface area contributed by atoms with Gasteiger partial charge in [0, 0.05) is 11.1 Å². The van der Waals surface area contributed by atoms with E-state index in [9.17, 15) is 0 Å². The number of benzene rings is 4. The van der Waals surface area contributed by atoms with Crippen LogP contribution in [0.3, 0.4) is 0 Å². The third-order valence-corrected chi connectivity index (χ3v) is 4.54. The Balaban J connectivity index is 1.74. The van der Waals surface area contributed by atoms with Gasteiger partial charge in [0.2, 0.25) is 0 Å². The van der Waals surface area contributed by atoms with Crippen molar-refractivity contribution < 1.29 is 0 Å². The highest BCUT2D eigenvalue weighted by Crippen LogP contribution is 2.25. The van der Waals surface area contributed by atoms with Gasteiger partial charge in [-0.3, -0.25) is 0 Å². The molecule has 0 unspecified atom stereocenters. The second-order valence-corrected chi connectivity index (χ2v) is 6.52. The third kappa shape index (κ3) is 4.35. The van der Waals surface area contributed by atoms with Crippen molar-refractivity contribution in [3.8, 4) is 23.0 Å². The lowest BCUT2D eigenvalue weighted by atomic mass is 9.95. The molecule has 0 saturated carbocycles. The van der Waals surface area contributed by atoms with Crippen molar-refractivity contribution in [1.82, 2.24) is 0 Å². The Bertz CT molecular complexity index is 1070. The standard InChI is InChI=1S/C27H20/c1-4-10-22(11-5-1)16-18-26-19-17-24(20-23-12-6-2-7-13-23)21-27(26)25-14-8-3-9-15-25/h1-15,17,19,21H,20H2. The van der Waals surface area contributed by atoms with Gasteiger partial charge in [0.1, 0.15) is 0 Å². The van der Waals surface area contributed by atoms with Gasteiger partial charge >= 0.3 is 0 Å². The first-order chi connectivity index (χ1) is 13.4. The highest BCUT2D eigenvalue weighted by Gasteiger charge is 2.06. The van der Waals surface area contributed by atoms with Gasteiger partial charge in [-0.25, -0.2) is 0 Å². The van der Waals surface area contributed by atoms with Crippen molar-refractivity contribution in [3.05, 3.63) is 131 Å². The monoisotopic (exact) mass is 344 g/mol. The Hall–Kier alpha value is -3.56. The fourth-order valence-corrected chi connectivity index (χ4v) is 3.16. The van der Waals surface area contributed by atoms with E-state index in [1.54, 1.807) is 0 Å². The first-order valence-corrected chi connectivity index (χ1v) is 9.18. The Morgan fingerprint density at radius 3 is 1.85 bits per heavy atom. The zero-order valence-corrected chi connectivity index (χ0v) is 15.1. The molecule has 0 atom stereocenters. The summed E-state index contributed by atoms with van der Waals surface area (Å²) in [6.45, 7) is 0. The summed E-state index contributed by atoms with van der Waals surface area (Å²) < 4.78 is 0. The summed E-state index contributed by atoms with van der Waals surface area (Å²) in [4.78, 5) is 0. The van der Waals surface area contributed by atoms with Gasteiger partial charge in [-0.2, -0.15) is 0 Å². The first kappa shape index (κ1) is 16.9. The average molecular weight is 344 g/mol. The van der Waals surface area contributed by atoms with E-state index in [4.69, 9.17) is 0 Å². The predicted molar refractivity (Wildman–Crippen MR) is 114 cm³/mol. The maximum Gasteiger partial charge on any atom is 0.0327 e. The molecule has 0 aliphatic heterocycles. The molecule has 0 aromatic heterocycles. The van der Waals surface area contributed by atoms with E-state index in [0.717, 1.165) is 17.5 Å². The minimum absolute atomic E-state index is 0.924. The lowest BCUT2D eigenvalue weighted by molar-refractivity contribution is 1.19. The van der Waals surface area contributed by atoms with E-state index >= 15 is 0 Å². The van der Waals surface area contributed by atoms with Gasteiger partial charge in [0.15, 0.2) is 0 Å². The van der Waals surface area contributed by atoms with Crippen molar-refractivity contribution in [2.75, 3.05) is 0 Å². The first-order valence-electron chi connectivity index (χ1n) is 9.18. The molecule has 27 heavy (non-hydrogen) atoms. The molecule has 0 N–H and O–H groups in total. The zero-order chi connectivity index (χ0) is 18.3. The molecule has 0 saturated heterocycles. The van der Waals surface area contributed by atoms with Crippen LogP contribution in [-0.4, -0.2) is 0 Å². The maximum atomic E-state index is 3.37. The SMILES string of the molecule is C(#Cc1ccc(Cc2ccccc2)cc1-c1ccccc1)c1ccccc1. The van der Waals surface area contributed by atoms with Crippen LogP contribution < -0.4 is 0 Å². The van der Waals surface area contributed by atoms with Gasteiger partial charge in [0.25, 0.3) is 0 Å². The second-order valence-electron chi connectivity index (χ2n) is 6.52. The molecule has 0 bridgehead atoms. The van der Waals surface area contributed by atoms with Gasteiger partial charge in [-0.1, -0.05) is 96.8 Å². The van der Waals surface area contributed by atoms with Crippen LogP contribution in [0, 0.1) is 11.8 Å². The van der Waals surface area contributed by atoms with Crippen LogP contribution in [0.1, 0.15) is 22.3 Å². The highest BCUT2D eigenvalue weighted by molar-refractivity contribution is 5.72. The maximum absolute atomic E-state index is 3.37. The van der Waals surface area contributed by atoms with E-state index in [-0.39, 0.29) is 0 Å². The minimum Gasteiger partial charge on any atom is -0.0622 e. The van der Waals surface area contributed by atoms with E-state index in [0.29, 0.717) is 0 Å². The summed E-state index contributed by atoms with van der Waals surface area (Å²) >= 11 is 0. The Morgan fingerprint density at radius 2 is 1.15 bits per heavy atom. The Kier molecular flexibility index (Phi) is 5.14. The molecule has 0 radical (unpaired) electrons. The number of hydrogen-bond acceptors (Lipinski definition) is 0. The lowest BCUT2D eigenvalue weighted by Gasteiger charge is -2.09. The predicted octanol–water partition coefficient (Wildman–Crippen LogP) is 6.34. The van der Waals surface area contributed by atoms with Crippen LogP contribution >= 0.6 is 0 Å². The van der Waals surface area contributed by atoms with Gasteiger partial charge in [-0.15, -0.1) is 0 Å². The minimum atomic E-state index is 0.924. The molecule has 0 fully saturated rings. The smallest absolute Gasteiger partial charge is 0.0327 e. The summed E-state index contributed by atoms with van der Waals surface area (Å²) in [5.74, 6) is 6.66. The molecule has 4 rings (SSSR count). The lowest BCUT2D eigenvalue weighted by Crippen LogP contribution is -1.92. The molecule has 0 heterocycles. The summed E-state index contributed by atoms with van der Waals surface area (Å²) in [6, 6.07) is 37.8. The van der Waals surface area contributed by atoms with Crippen LogP contribution in [0.15, 0.2) is 109 Å². The quantitative estimate of drug-likeness (QED) is 0.380. The van der Waals surface area contributed by atoms with E-state index < -0.39 is 0 Å². The van der Waals surface area contributed by atoms with E-state index in [1.165, 1.54) is 22.3 Å². The fraction of sp³-hybridized carbons (Fsp3) is 0.0370. The summed E-state index contributed by atoms with van der Waals surface area (Å²) in [5, 5.41) is 0. The zero-order valence-electron chi connectivity index (χ0n) is 15.1. The molecule has 0 nitrogen and oxygen atoms in total. The molecular weight excluding hydrogens is 324 g/mol. The van der Waals surface area contributed by atoms with Crippen LogP contribution in [0.2, 0.25) is 0 Å². The molecule has 4 aromatic carbocycles. The molecule has 0 aliphatic carbocycles. The summed E-state index contributed by atoms with van der Waals surface area (Å²) in [7, 11) is 0. The van der Waals surface area contributed by atoms with Crippen LogP contribution in [-0.2, 0) is 6.42 Å². The van der Waals surface area contributed by atoms with E-state index in [1.807, 2.05) is 36.4 Å². The number of hydrogen-bond donors (Lipinski definition) is 0. The van der Waals surface area contributed by atoms with E-state index in [2.05, 4.69) is 84.6 Å². The van der Waals surface area contributed by atoms with Crippen molar-refractivity contribution >= 4 is 0 Å². The van der Waals surface area contributed by atoms with Crippen molar-refractivity contribution in [2.45, 2.75) is 6.42 Å². The van der Waals surface area contributed by atoms with Gasteiger partial charge in [0.05, 0.1) is 0 Å². The molecule has 0 heteroatoms. The second kappa shape index (κ2) is 8.21. The third-order valence-electron chi connectivity index (χ3n) is 4.54. The van der Waals surface area contributed by atoms with Crippen LogP contribution in [0.25, 0.3) is 11.1 Å². The summed E-state index contributed by atoms with van der Waals surface area (Å²) in [5.41, 5.74) is 7.09. The number of rotatable bonds is 3. The molecule has 0 amide bonds. The highest BCUT2D eigenvalue weighted by atomic mass is 14.1. The van der Waals surface area contributed by atoms with Crippen molar-refractivity contribution in [3.63, 3.8) is 0 Å². The normalized spacial score (nSPS) is 10.1. The molecule has 0 spiro atoms. The largest absolute Gasteiger partial charge is 0.0622 e. The molecular formula is C27H20. The Labute approximate surface area is 161 Å². The summed E-state index contributed by atoms with van der Waals surface area (Å²) in [6.07, 6.45) is 0.924. The molecule has 4 aromatic rings. The van der Waals surface area contributed by atoms with Crippen molar-refractivity contribution in [2.24, 2.45) is 0 Å². The van der Waals surface area contributed by atoms with Crippen molar-refractivity contribution in [1.29, 1.82) is 0 Å². The average Bonchev–Trinajstić information content (AvgIpc) is 2.75. The fourth-order valence-electron chi connectivity index (χ4n) is 3.16. The molecule has 128 valence electrons. The topological polar surface area (TPSA) is 0 Å².